The zero-order chi connectivity index (χ0) is 16.1. The van der Waals surface area contributed by atoms with Crippen LogP contribution in [0.3, 0.4) is 0 Å². The van der Waals surface area contributed by atoms with Crippen LogP contribution in [0.1, 0.15) is 36.6 Å². The average Bonchev–Trinajstić information content (AvgIpc) is 2.63. The molecule has 0 bridgehead atoms. The summed E-state index contributed by atoms with van der Waals surface area (Å²) < 4.78 is 11.3. The fraction of sp³-hybridized carbons (Fsp3) is 0.368. The number of ether oxygens (including phenoxy) is 2. The number of hydrogen-bond acceptors (Lipinski definition) is 4. The van der Waals surface area contributed by atoms with E-state index in [9.17, 15) is 5.11 Å². The van der Waals surface area contributed by atoms with Crippen molar-refractivity contribution in [1.29, 1.82) is 0 Å². The molecule has 2 atom stereocenters. The Hall–Kier alpha value is -2.04. The summed E-state index contributed by atoms with van der Waals surface area (Å²) >= 11 is 0. The van der Waals surface area contributed by atoms with Crippen molar-refractivity contribution in [3.05, 3.63) is 59.7 Å². The Morgan fingerprint density at radius 3 is 2.39 bits per heavy atom. The summed E-state index contributed by atoms with van der Waals surface area (Å²) in [5.74, 6) is 1.60. The number of fused-ring (bicyclic) bond motifs is 1. The third-order valence-electron chi connectivity index (χ3n) is 4.16. The number of aliphatic hydroxyl groups is 1. The van der Waals surface area contributed by atoms with Crippen molar-refractivity contribution in [1.82, 2.24) is 5.32 Å². The quantitative estimate of drug-likeness (QED) is 0.859. The predicted octanol–water partition coefficient (Wildman–Crippen LogP) is 3.23. The number of rotatable bonds is 6. The third kappa shape index (κ3) is 3.66. The van der Waals surface area contributed by atoms with Crippen molar-refractivity contribution >= 4 is 0 Å². The van der Waals surface area contributed by atoms with Crippen LogP contribution in [0, 0.1) is 0 Å². The average molecular weight is 313 g/mol. The van der Waals surface area contributed by atoms with Crippen LogP contribution in [0.25, 0.3) is 0 Å². The first-order valence-electron chi connectivity index (χ1n) is 8.13. The molecule has 0 fully saturated rings. The van der Waals surface area contributed by atoms with Gasteiger partial charge in [0.2, 0.25) is 0 Å². The lowest BCUT2D eigenvalue weighted by molar-refractivity contribution is 0.171. The Kier molecular flexibility index (Phi) is 5.16. The van der Waals surface area contributed by atoms with Gasteiger partial charge in [-0.3, -0.25) is 0 Å². The minimum absolute atomic E-state index is 0.0606. The molecule has 122 valence electrons. The van der Waals surface area contributed by atoms with Gasteiger partial charge in [0.1, 0.15) is 13.2 Å². The lowest BCUT2D eigenvalue weighted by Crippen LogP contribution is -2.28. The van der Waals surface area contributed by atoms with E-state index in [2.05, 4.69) is 18.3 Å². The van der Waals surface area contributed by atoms with E-state index in [-0.39, 0.29) is 18.7 Å². The topological polar surface area (TPSA) is 50.7 Å². The number of benzene rings is 2. The van der Waals surface area contributed by atoms with Gasteiger partial charge in [-0.15, -0.1) is 0 Å². The van der Waals surface area contributed by atoms with Gasteiger partial charge in [0, 0.05) is 6.04 Å². The van der Waals surface area contributed by atoms with Gasteiger partial charge in [-0.2, -0.15) is 0 Å². The minimum Gasteiger partial charge on any atom is -0.486 e. The zero-order valence-electron chi connectivity index (χ0n) is 13.4. The molecule has 0 saturated heterocycles. The molecule has 0 aliphatic carbocycles. The van der Waals surface area contributed by atoms with Crippen molar-refractivity contribution in [2.45, 2.75) is 25.4 Å². The first-order chi connectivity index (χ1) is 11.3. The number of hydrogen-bond donors (Lipinski definition) is 2. The maximum atomic E-state index is 9.76. The molecular formula is C19H23NO3. The molecule has 2 aromatic rings. The van der Waals surface area contributed by atoms with Crippen LogP contribution in [-0.4, -0.2) is 24.9 Å². The zero-order valence-corrected chi connectivity index (χ0v) is 13.4. The van der Waals surface area contributed by atoms with Gasteiger partial charge in [-0.25, -0.2) is 0 Å². The Balaban J connectivity index is 1.79. The van der Waals surface area contributed by atoms with Crippen LogP contribution in [0.4, 0.5) is 0 Å². The Bertz CT molecular complexity index is 630. The van der Waals surface area contributed by atoms with Gasteiger partial charge in [0.25, 0.3) is 0 Å². The van der Waals surface area contributed by atoms with Crippen LogP contribution in [0.2, 0.25) is 0 Å². The molecule has 2 aromatic carbocycles. The van der Waals surface area contributed by atoms with Crippen molar-refractivity contribution in [2.24, 2.45) is 0 Å². The Morgan fingerprint density at radius 2 is 1.70 bits per heavy atom. The van der Waals surface area contributed by atoms with Crippen LogP contribution in [-0.2, 0) is 0 Å². The van der Waals surface area contributed by atoms with Crippen LogP contribution in [0.5, 0.6) is 11.5 Å². The highest BCUT2D eigenvalue weighted by Gasteiger charge is 2.19. The summed E-state index contributed by atoms with van der Waals surface area (Å²) in [4.78, 5) is 0. The second-order valence-electron chi connectivity index (χ2n) is 5.68. The molecule has 0 radical (unpaired) electrons. The fourth-order valence-electron chi connectivity index (χ4n) is 2.91. The minimum atomic E-state index is -0.0886. The lowest BCUT2D eigenvalue weighted by atomic mass is 10.0. The SMILES string of the molecule is CCC(NC(CO)c1ccccc1)c1ccc2c(c1)OCCO2. The summed E-state index contributed by atoms with van der Waals surface area (Å²) in [6.07, 6.45) is 0.920. The standard InChI is InChI=1S/C19H23NO3/c1-2-16(20-17(13-21)14-6-4-3-5-7-14)15-8-9-18-19(12-15)23-11-10-22-18/h3-9,12,16-17,20-21H,2,10-11,13H2,1H3. The van der Waals surface area contributed by atoms with Crippen molar-refractivity contribution in [2.75, 3.05) is 19.8 Å². The highest BCUT2D eigenvalue weighted by atomic mass is 16.6. The molecule has 1 aliphatic heterocycles. The van der Waals surface area contributed by atoms with E-state index in [1.54, 1.807) is 0 Å². The smallest absolute Gasteiger partial charge is 0.161 e. The van der Waals surface area contributed by atoms with E-state index in [1.165, 1.54) is 0 Å². The molecule has 1 aliphatic rings. The summed E-state index contributed by atoms with van der Waals surface area (Å²) in [6, 6.07) is 16.1. The molecule has 0 aromatic heterocycles. The molecule has 0 saturated carbocycles. The molecule has 0 spiro atoms. The second-order valence-corrected chi connectivity index (χ2v) is 5.68. The van der Waals surface area contributed by atoms with Crippen LogP contribution >= 0.6 is 0 Å². The molecule has 4 heteroatoms. The van der Waals surface area contributed by atoms with E-state index < -0.39 is 0 Å². The van der Waals surface area contributed by atoms with Crippen LogP contribution < -0.4 is 14.8 Å². The highest BCUT2D eigenvalue weighted by molar-refractivity contribution is 5.44. The maximum Gasteiger partial charge on any atom is 0.161 e. The second kappa shape index (κ2) is 7.49. The normalized spacial score (nSPS) is 15.9. The number of nitrogens with one attached hydrogen (secondary N) is 1. The van der Waals surface area contributed by atoms with Gasteiger partial charge in [0.05, 0.1) is 12.6 Å². The maximum absolute atomic E-state index is 9.76. The Morgan fingerprint density at radius 1 is 0.957 bits per heavy atom. The molecule has 2 unspecified atom stereocenters. The molecule has 4 nitrogen and oxygen atoms in total. The predicted molar refractivity (Wildman–Crippen MR) is 89.9 cm³/mol. The first kappa shape index (κ1) is 15.8. The van der Waals surface area contributed by atoms with Crippen molar-refractivity contribution in [3.8, 4) is 11.5 Å². The van der Waals surface area contributed by atoms with Crippen LogP contribution in [0.15, 0.2) is 48.5 Å². The summed E-state index contributed by atoms with van der Waals surface area (Å²) in [5.41, 5.74) is 2.23. The number of aliphatic hydroxyl groups excluding tert-OH is 1. The highest BCUT2D eigenvalue weighted by Crippen LogP contribution is 2.34. The molecule has 3 rings (SSSR count). The lowest BCUT2D eigenvalue weighted by Gasteiger charge is -2.26. The summed E-state index contributed by atoms with van der Waals surface area (Å²) in [6.45, 7) is 3.38. The van der Waals surface area contributed by atoms with E-state index in [0.29, 0.717) is 13.2 Å². The summed E-state index contributed by atoms with van der Waals surface area (Å²) in [7, 11) is 0. The monoisotopic (exact) mass is 313 g/mol. The van der Waals surface area contributed by atoms with Gasteiger partial charge in [-0.05, 0) is 29.7 Å². The van der Waals surface area contributed by atoms with E-state index in [4.69, 9.17) is 9.47 Å². The van der Waals surface area contributed by atoms with Gasteiger partial charge < -0.3 is 19.9 Å². The molecule has 1 heterocycles. The third-order valence-corrected chi connectivity index (χ3v) is 4.16. The van der Waals surface area contributed by atoms with E-state index >= 15 is 0 Å². The molecular weight excluding hydrogens is 290 g/mol. The summed E-state index contributed by atoms with van der Waals surface area (Å²) in [5, 5.41) is 13.3. The van der Waals surface area contributed by atoms with Gasteiger partial charge >= 0.3 is 0 Å². The van der Waals surface area contributed by atoms with E-state index in [1.807, 2.05) is 42.5 Å². The molecule has 23 heavy (non-hydrogen) atoms. The van der Waals surface area contributed by atoms with E-state index in [0.717, 1.165) is 29.0 Å². The molecule has 2 N–H and O–H groups in total. The van der Waals surface area contributed by atoms with Crippen molar-refractivity contribution < 1.29 is 14.6 Å². The van der Waals surface area contributed by atoms with Crippen molar-refractivity contribution in [3.63, 3.8) is 0 Å². The molecule has 0 amide bonds. The fourth-order valence-corrected chi connectivity index (χ4v) is 2.91. The Labute approximate surface area is 137 Å². The van der Waals surface area contributed by atoms with Gasteiger partial charge in [-0.1, -0.05) is 43.3 Å². The van der Waals surface area contributed by atoms with Gasteiger partial charge in [0.15, 0.2) is 11.5 Å². The largest absolute Gasteiger partial charge is 0.486 e. The first-order valence-corrected chi connectivity index (χ1v) is 8.13.